The highest BCUT2D eigenvalue weighted by molar-refractivity contribution is 7.13. The summed E-state index contributed by atoms with van der Waals surface area (Å²) >= 11 is 1.72. The quantitative estimate of drug-likeness (QED) is 0.510. The number of carbonyl (C=O) groups is 1. The summed E-state index contributed by atoms with van der Waals surface area (Å²) in [7, 11) is 0. The zero-order valence-corrected chi connectivity index (χ0v) is 18.0. The number of carbonyl (C=O) groups excluding carboxylic acids is 1. The molecule has 5 heteroatoms. The van der Waals surface area contributed by atoms with Gasteiger partial charge in [-0.1, -0.05) is 60.7 Å². The minimum Gasteiger partial charge on any atom is -0.438 e. The molecule has 1 saturated heterocycles. The molecule has 2 atom stereocenters. The Hall–Kier alpha value is -2.63. The van der Waals surface area contributed by atoms with Crippen LogP contribution in [0.4, 0.5) is 4.79 Å². The number of hydrogen-bond donors (Lipinski definition) is 1. The van der Waals surface area contributed by atoms with E-state index >= 15 is 0 Å². The lowest BCUT2D eigenvalue weighted by Gasteiger charge is -2.43. The van der Waals surface area contributed by atoms with E-state index in [2.05, 4.69) is 41.8 Å². The summed E-state index contributed by atoms with van der Waals surface area (Å²) in [6.07, 6.45) is 1.64. The third-order valence-electron chi connectivity index (χ3n) is 5.98. The van der Waals surface area contributed by atoms with Gasteiger partial charge in [0.05, 0.1) is 6.04 Å². The van der Waals surface area contributed by atoms with Crippen molar-refractivity contribution in [2.45, 2.75) is 37.8 Å². The summed E-state index contributed by atoms with van der Waals surface area (Å²) in [5.74, 6) is 0. The molecule has 2 aromatic carbocycles. The van der Waals surface area contributed by atoms with Gasteiger partial charge in [-0.15, -0.1) is 11.3 Å². The maximum absolute atomic E-state index is 13.1. The number of ether oxygens (including phenoxy) is 1. The Morgan fingerprint density at radius 2 is 1.87 bits per heavy atom. The molecule has 0 aliphatic carbocycles. The molecule has 0 spiro atoms. The van der Waals surface area contributed by atoms with Gasteiger partial charge in [-0.25, -0.2) is 4.79 Å². The fourth-order valence-electron chi connectivity index (χ4n) is 4.20. The lowest BCUT2D eigenvalue weighted by molar-refractivity contribution is -0.0680. The molecule has 0 radical (unpaired) electrons. The van der Waals surface area contributed by atoms with Gasteiger partial charge in [-0.3, -0.25) is 0 Å². The van der Waals surface area contributed by atoms with Crippen LogP contribution in [-0.4, -0.2) is 29.3 Å². The number of cyclic esters (lactones) is 1. The van der Waals surface area contributed by atoms with Crippen LogP contribution in [0.3, 0.4) is 0 Å². The molecule has 30 heavy (non-hydrogen) atoms. The second kappa shape index (κ2) is 9.02. The SMILES string of the molecule is CC(c1ccc(-c2cccs2)cc1)N1CCC(CCCO)(c2ccccc2)OC1=O. The molecule has 1 aromatic heterocycles. The number of benzene rings is 2. The van der Waals surface area contributed by atoms with Crippen molar-refractivity contribution in [3.05, 3.63) is 83.2 Å². The predicted octanol–water partition coefficient (Wildman–Crippen LogP) is 5.99. The second-order valence-electron chi connectivity index (χ2n) is 7.77. The highest BCUT2D eigenvalue weighted by atomic mass is 32.1. The van der Waals surface area contributed by atoms with E-state index in [1.54, 1.807) is 16.2 Å². The molecule has 1 fully saturated rings. The van der Waals surface area contributed by atoms with Crippen LogP contribution in [0.25, 0.3) is 10.4 Å². The van der Waals surface area contributed by atoms with E-state index in [0.29, 0.717) is 25.8 Å². The summed E-state index contributed by atoms with van der Waals surface area (Å²) in [6.45, 7) is 2.75. The molecular weight excluding hydrogens is 394 g/mol. The van der Waals surface area contributed by atoms with Crippen molar-refractivity contribution in [3.8, 4) is 10.4 Å². The first kappa shape index (κ1) is 20.6. The van der Waals surface area contributed by atoms with Crippen LogP contribution in [0.2, 0.25) is 0 Å². The smallest absolute Gasteiger partial charge is 0.411 e. The Balaban J connectivity index is 1.51. The Morgan fingerprint density at radius 3 is 2.50 bits per heavy atom. The molecule has 2 unspecified atom stereocenters. The molecule has 4 nitrogen and oxygen atoms in total. The van der Waals surface area contributed by atoms with Crippen LogP contribution < -0.4 is 0 Å². The fourth-order valence-corrected chi connectivity index (χ4v) is 4.93. The first-order chi connectivity index (χ1) is 14.6. The van der Waals surface area contributed by atoms with Gasteiger partial charge < -0.3 is 14.7 Å². The summed E-state index contributed by atoms with van der Waals surface area (Å²) in [5.41, 5.74) is 2.61. The van der Waals surface area contributed by atoms with Gasteiger partial charge in [0.2, 0.25) is 0 Å². The lowest BCUT2D eigenvalue weighted by atomic mass is 9.84. The van der Waals surface area contributed by atoms with E-state index < -0.39 is 5.60 Å². The third kappa shape index (κ3) is 4.13. The van der Waals surface area contributed by atoms with Gasteiger partial charge in [0, 0.05) is 24.4 Å². The molecule has 1 aliphatic rings. The highest BCUT2D eigenvalue weighted by Crippen LogP contribution is 2.40. The molecule has 1 N–H and O–H groups in total. The lowest BCUT2D eigenvalue weighted by Crippen LogP contribution is -2.48. The van der Waals surface area contributed by atoms with E-state index in [1.165, 1.54) is 10.4 Å². The number of hydrogen-bond acceptors (Lipinski definition) is 4. The minimum atomic E-state index is -0.666. The number of nitrogens with zero attached hydrogens (tertiary/aromatic N) is 1. The number of rotatable bonds is 7. The summed E-state index contributed by atoms with van der Waals surface area (Å²) in [4.78, 5) is 16.1. The van der Waals surface area contributed by atoms with Gasteiger partial charge in [0.15, 0.2) is 0 Å². The van der Waals surface area contributed by atoms with E-state index in [1.807, 2.05) is 37.3 Å². The van der Waals surface area contributed by atoms with E-state index in [0.717, 1.165) is 11.1 Å². The number of thiophene rings is 1. The van der Waals surface area contributed by atoms with Crippen molar-refractivity contribution < 1.29 is 14.6 Å². The number of aliphatic hydroxyl groups is 1. The van der Waals surface area contributed by atoms with Gasteiger partial charge in [-0.2, -0.15) is 0 Å². The number of aliphatic hydroxyl groups excluding tert-OH is 1. The van der Waals surface area contributed by atoms with Crippen LogP contribution in [0, 0.1) is 0 Å². The van der Waals surface area contributed by atoms with E-state index in [-0.39, 0.29) is 18.7 Å². The van der Waals surface area contributed by atoms with Crippen LogP contribution in [-0.2, 0) is 10.3 Å². The summed E-state index contributed by atoms with van der Waals surface area (Å²) in [5, 5.41) is 11.4. The molecule has 156 valence electrons. The average Bonchev–Trinajstić information content (AvgIpc) is 3.33. The Bertz CT molecular complexity index is 956. The predicted molar refractivity (Wildman–Crippen MR) is 120 cm³/mol. The largest absolute Gasteiger partial charge is 0.438 e. The molecule has 1 aliphatic heterocycles. The Morgan fingerprint density at radius 1 is 1.10 bits per heavy atom. The Kier molecular flexibility index (Phi) is 6.21. The molecule has 3 aromatic rings. The van der Waals surface area contributed by atoms with Crippen molar-refractivity contribution in [3.63, 3.8) is 0 Å². The van der Waals surface area contributed by atoms with Gasteiger partial charge >= 0.3 is 6.09 Å². The van der Waals surface area contributed by atoms with Crippen molar-refractivity contribution in [1.29, 1.82) is 0 Å². The molecular formula is C25H27NO3S. The maximum Gasteiger partial charge on any atom is 0.411 e. The molecule has 0 saturated carbocycles. The summed E-state index contributed by atoms with van der Waals surface area (Å²) < 4.78 is 6.08. The standard InChI is InChI=1S/C25H27NO3S/c1-19(20-10-12-21(13-11-20)23-9-5-18-30-23)26-16-15-25(14-6-17-27,29-24(26)28)22-7-3-2-4-8-22/h2-5,7-13,18-19,27H,6,14-17H2,1H3. The van der Waals surface area contributed by atoms with Gasteiger partial charge in [0.25, 0.3) is 0 Å². The molecule has 2 heterocycles. The molecule has 0 bridgehead atoms. The van der Waals surface area contributed by atoms with Crippen LogP contribution in [0.5, 0.6) is 0 Å². The second-order valence-corrected chi connectivity index (χ2v) is 8.72. The maximum atomic E-state index is 13.1. The third-order valence-corrected chi connectivity index (χ3v) is 6.90. The molecule has 4 rings (SSSR count). The van der Waals surface area contributed by atoms with Gasteiger partial charge in [-0.05, 0) is 47.9 Å². The Labute approximate surface area is 181 Å². The van der Waals surface area contributed by atoms with Crippen molar-refractivity contribution >= 4 is 17.4 Å². The minimum absolute atomic E-state index is 0.0681. The fraction of sp³-hybridized carbons (Fsp3) is 0.320. The van der Waals surface area contributed by atoms with Crippen LogP contribution in [0.1, 0.15) is 43.4 Å². The van der Waals surface area contributed by atoms with E-state index in [4.69, 9.17) is 4.74 Å². The topological polar surface area (TPSA) is 49.8 Å². The zero-order valence-electron chi connectivity index (χ0n) is 17.2. The van der Waals surface area contributed by atoms with Crippen LogP contribution in [0.15, 0.2) is 72.1 Å². The van der Waals surface area contributed by atoms with Crippen molar-refractivity contribution in [2.75, 3.05) is 13.2 Å². The monoisotopic (exact) mass is 421 g/mol. The zero-order chi connectivity index (χ0) is 21.0. The average molecular weight is 422 g/mol. The van der Waals surface area contributed by atoms with E-state index in [9.17, 15) is 9.90 Å². The highest BCUT2D eigenvalue weighted by Gasteiger charge is 2.43. The summed E-state index contributed by atoms with van der Waals surface area (Å²) in [6, 6.07) is 22.4. The normalized spacial score (nSPS) is 20.1. The first-order valence-electron chi connectivity index (χ1n) is 10.4. The van der Waals surface area contributed by atoms with Crippen molar-refractivity contribution in [2.24, 2.45) is 0 Å². The molecule has 1 amide bonds. The van der Waals surface area contributed by atoms with Crippen LogP contribution >= 0.6 is 11.3 Å². The first-order valence-corrected chi connectivity index (χ1v) is 11.3. The number of amides is 1. The van der Waals surface area contributed by atoms with Gasteiger partial charge in [0.1, 0.15) is 5.60 Å². The van der Waals surface area contributed by atoms with Crippen molar-refractivity contribution in [1.82, 2.24) is 4.90 Å².